The first kappa shape index (κ1) is 21.7. The molecular weight excluding hydrogens is 382 g/mol. The third-order valence-electron chi connectivity index (χ3n) is 5.79. The van der Waals surface area contributed by atoms with Crippen molar-refractivity contribution >= 4 is 17.3 Å². The lowest BCUT2D eigenvalue weighted by molar-refractivity contribution is -0.545. The second kappa shape index (κ2) is 10.7. The average molecular weight is 415 g/mol. The van der Waals surface area contributed by atoms with Crippen LogP contribution in [0.2, 0.25) is 5.02 Å². The summed E-state index contributed by atoms with van der Waals surface area (Å²) in [5.41, 5.74) is 5.24. The standard InChI is InChI=1S/C25H33ClNO2/c1-4-5-6-7-8-13-23-21-17-25(29-3)24(28-2)16-19(21)14-15-27(23)18-20-11-9-10-12-22(20)26/h9-12,16-17H,4-8,13-15,18H2,1-3H3/q+1. The van der Waals surface area contributed by atoms with Gasteiger partial charge in [0, 0.05) is 24.0 Å². The van der Waals surface area contributed by atoms with Gasteiger partial charge in [-0.3, -0.25) is 0 Å². The third kappa shape index (κ3) is 5.33. The maximum absolute atomic E-state index is 6.47. The molecule has 0 fully saturated rings. The van der Waals surface area contributed by atoms with Crippen molar-refractivity contribution in [2.24, 2.45) is 0 Å². The predicted molar refractivity (Wildman–Crippen MR) is 121 cm³/mol. The first-order valence-corrected chi connectivity index (χ1v) is 11.1. The molecule has 0 aromatic heterocycles. The van der Waals surface area contributed by atoms with Crippen molar-refractivity contribution < 1.29 is 14.0 Å². The van der Waals surface area contributed by atoms with Gasteiger partial charge in [-0.25, -0.2) is 4.58 Å². The molecule has 1 aliphatic rings. The van der Waals surface area contributed by atoms with Gasteiger partial charge in [0.1, 0.15) is 6.54 Å². The monoisotopic (exact) mass is 414 g/mol. The molecule has 0 aliphatic carbocycles. The van der Waals surface area contributed by atoms with Crippen LogP contribution < -0.4 is 9.47 Å². The Morgan fingerprint density at radius 3 is 2.41 bits per heavy atom. The van der Waals surface area contributed by atoms with Gasteiger partial charge in [-0.05, 0) is 30.2 Å². The molecule has 0 bridgehead atoms. The van der Waals surface area contributed by atoms with Crippen LogP contribution in [0.1, 0.15) is 62.1 Å². The summed E-state index contributed by atoms with van der Waals surface area (Å²) >= 11 is 6.47. The van der Waals surface area contributed by atoms with E-state index in [9.17, 15) is 0 Å². The summed E-state index contributed by atoms with van der Waals surface area (Å²) in [5, 5.41) is 0.841. The smallest absolute Gasteiger partial charge is 0.184 e. The number of methoxy groups -OCH3 is 2. The Bertz CT molecular complexity index is 860. The molecule has 0 atom stereocenters. The summed E-state index contributed by atoms with van der Waals surface area (Å²) in [7, 11) is 3.41. The van der Waals surface area contributed by atoms with Crippen LogP contribution in [0.5, 0.6) is 11.5 Å². The van der Waals surface area contributed by atoms with E-state index < -0.39 is 0 Å². The van der Waals surface area contributed by atoms with Crippen molar-refractivity contribution in [1.29, 1.82) is 0 Å². The van der Waals surface area contributed by atoms with E-state index in [-0.39, 0.29) is 0 Å². The zero-order chi connectivity index (χ0) is 20.6. The van der Waals surface area contributed by atoms with E-state index in [1.54, 1.807) is 14.2 Å². The minimum absolute atomic E-state index is 0.800. The second-order valence-electron chi connectivity index (χ2n) is 7.74. The van der Waals surface area contributed by atoms with Gasteiger partial charge in [0.2, 0.25) is 0 Å². The zero-order valence-electron chi connectivity index (χ0n) is 18.0. The summed E-state index contributed by atoms with van der Waals surface area (Å²) in [6.07, 6.45) is 8.47. The van der Waals surface area contributed by atoms with Crippen LogP contribution in [-0.4, -0.2) is 31.1 Å². The second-order valence-corrected chi connectivity index (χ2v) is 8.15. The number of hydrogen-bond acceptors (Lipinski definition) is 2. The molecule has 0 spiro atoms. The highest BCUT2D eigenvalue weighted by Gasteiger charge is 2.28. The minimum Gasteiger partial charge on any atom is -0.493 e. The number of nitrogens with zero attached hydrogens (tertiary/aromatic N) is 1. The number of rotatable bonds is 10. The zero-order valence-corrected chi connectivity index (χ0v) is 18.7. The molecule has 0 unspecified atom stereocenters. The molecule has 29 heavy (non-hydrogen) atoms. The molecule has 3 rings (SSSR count). The maximum Gasteiger partial charge on any atom is 0.184 e. The summed E-state index contributed by atoms with van der Waals surface area (Å²) in [5.74, 6) is 1.61. The number of halogens is 1. The van der Waals surface area contributed by atoms with Gasteiger partial charge in [0.15, 0.2) is 23.8 Å². The third-order valence-corrected chi connectivity index (χ3v) is 6.16. The van der Waals surface area contributed by atoms with Gasteiger partial charge in [-0.1, -0.05) is 62.4 Å². The Morgan fingerprint density at radius 1 is 0.966 bits per heavy atom. The summed E-state index contributed by atoms with van der Waals surface area (Å²) < 4.78 is 13.6. The number of unbranched alkanes of at least 4 members (excludes halogenated alkanes) is 4. The maximum atomic E-state index is 6.47. The van der Waals surface area contributed by atoms with Crippen molar-refractivity contribution in [1.82, 2.24) is 0 Å². The Hall–Kier alpha value is -2.00. The molecule has 2 aromatic rings. The van der Waals surface area contributed by atoms with Gasteiger partial charge in [-0.15, -0.1) is 0 Å². The number of benzene rings is 2. The molecular formula is C25H33ClNO2+. The highest BCUT2D eigenvalue weighted by atomic mass is 35.5. The minimum atomic E-state index is 0.800. The largest absolute Gasteiger partial charge is 0.493 e. The van der Waals surface area contributed by atoms with E-state index in [1.807, 2.05) is 12.1 Å². The molecule has 1 aliphatic heterocycles. The highest BCUT2D eigenvalue weighted by molar-refractivity contribution is 6.31. The van der Waals surface area contributed by atoms with Gasteiger partial charge in [0.25, 0.3) is 0 Å². The Balaban J connectivity index is 1.94. The lowest BCUT2D eigenvalue weighted by atomic mass is 9.92. The van der Waals surface area contributed by atoms with Gasteiger partial charge in [0.05, 0.1) is 19.2 Å². The lowest BCUT2D eigenvalue weighted by Gasteiger charge is -2.21. The van der Waals surface area contributed by atoms with Crippen molar-refractivity contribution in [3.8, 4) is 11.5 Å². The SMILES string of the molecule is CCCCCCCC1=[N+](Cc2ccccc2Cl)CCc2cc(OC)c(OC)cc21. The number of fused-ring (bicyclic) bond motifs is 1. The quantitative estimate of drug-likeness (QED) is 0.337. The van der Waals surface area contributed by atoms with Crippen LogP contribution in [0.15, 0.2) is 36.4 Å². The van der Waals surface area contributed by atoms with Crippen LogP contribution in [0, 0.1) is 0 Å². The number of ether oxygens (including phenoxy) is 2. The fraction of sp³-hybridized carbons (Fsp3) is 0.480. The summed E-state index contributed by atoms with van der Waals surface area (Å²) in [6, 6.07) is 12.5. The lowest BCUT2D eigenvalue weighted by Crippen LogP contribution is -2.30. The Labute approximate surface area is 180 Å². The van der Waals surface area contributed by atoms with Gasteiger partial charge < -0.3 is 9.47 Å². The molecule has 0 amide bonds. The number of hydrogen-bond donors (Lipinski definition) is 0. The van der Waals surface area contributed by atoms with Crippen LogP contribution in [-0.2, 0) is 13.0 Å². The molecule has 156 valence electrons. The van der Waals surface area contributed by atoms with Crippen molar-refractivity contribution in [2.75, 3.05) is 20.8 Å². The van der Waals surface area contributed by atoms with Gasteiger partial charge in [-0.2, -0.15) is 0 Å². The fourth-order valence-electron chi connectivity index (χ4n) is 4.15. The van der Waals surface area contributed by atoms with Crippen molar-refractivity contribution in [2.45, 2.75) is 58.4 Å². The topological polar surface area (TPSA) is 21.5 Å². The molecule has 0 saturated carbocycles. The molecule has 0 radical (unpaired) electrons. The first-order valence-electron chi connectivity index (χ1n) is 10.8. The van der Waals surface area contributed by atoms with E-state index in [0.717, 1.165) is 42.5 Å². The fourth-order valence-corrected chi connectivity index (χ4v) is 4.35. The van der Waals surface area contributed by atoms with E-state index in [1.165, 1.54) is 54.5 Å². The van der Waals surface area contributed by atoms with E-state index in [2.05, 4.69) is 35.8 Å². The molecule has 4 heteroatoms. The van der Waals surface area contributed by atoms with Crippen LogP contribution in [0.4, 0.5) is 0 Å². The van der Waals surface area contributed by atoms with Crippen molar-refractivity contribution in [3.63, 3.8) is 0 Å². The van der Waals surface area contributed by atoms with E-state index in [4.69, 9.17) is 21.1 Å². The summed E-state index contributed by atoms with van der Waals surface area (Å²) in [4.78, 5) is 0. The van der Waals surface area contributed by atoms with Crippen LogP contribution >= 0.6 is 11.6 Å². The molecule has 3 nitrogen and oxygen atoms in total. The highest BCUT2D eigenvalue weighted by Crippen LogP contribution is 2.33. The van der Waals surface area contributed by atoms with Crippen LogP contribution in [0.3, 0.4) is 0 Å². The Morgan fingerprint density at radius 2 is 1.69 bits per heavy atom. The van der Waals surface area contributed by atoms with E-state index in [0.29, 0.717) is 0 Å². The molecule has 0 saturated heterocycles. The van der Waals surface area contributed by atoms with Crippen molar-refractivity contribution in [3.05, 3.63) is 58.1 Å². The summed E-state index contributed by atoms with van der Waals surface area (Å²) in [6.45, 7) is 4.10. The first-order chi connectivity index (χ1) is 14.2. The van der Waals surface area contributed by atoms with Crippen LogP contribution in [0.25, 0.3) is 0 Å². The average Bonchev–Trinajstić information content (AvgIpc) is 2.75. The Kier molecular flexibility index (Phi) is 8.00. The van der Waals surface area contributed by atoms with E-state index >= 15 is 0 Å². The normalized spacial score (nSPS) is 13.4. The van der Waals surface area contributed by atoms with Gasteiger partial charge >= 0.3 is 0 Å². The molecule has 0 N–H and O–H groups in total. The molecule has 1 heterocycles. The molecule has 2 aromatic carbocycles. The predicted octanol–water partition coefficient (Wildman–Crippen LogP) is 6.28.